The van der Waals surface area contributed by atoms with Gasteiger partial charge in [-0.15, -0.1) is 0 Å². The summed E-state index contributed by atoms with van der Waals surface area (Å²) in [6.07, 6.45) is 4.61. The van der Waals surface area contributed by atoms with Crippen LogP contribution in [0.5, 0.6) is 0 Å². The van der Waals surface area contributed by atoms with Crippen LogP contribution in [-0.2, 0) is 4.79 Å². The second-order valence-electron chi connectivity index (χ2n) is 4.21. The first-order chi connectivity index (χ1) is 5.21. The van der Waals surface area contributed by atoms with Crippen LogP contribution in [0, 0.1) is 11.3 Å². The lowest BCUT2D eigenvalue weighted by atomic mass is 9.78. The van der Waals surface area contributed by atoms with Gasteiger partial charge in [0.15, 0.2) is 0 Å². The van der Waals surface area contributed by atoms with Crippen LogP contribution in [0.2, 0.25) is 0 Å². The van der Waals surface area contributed by atoms with E-state index in [-0.39, 0.29) is 5.91 Å². The summed E-state index contributed by atoms with van der Waals surface area (Å²) in [6, 6.07) is 0. The molecule has 0 aromatic rings. The first-order valence-electron chi connectivity index (χ1n) is 4.47. The molecule has 1 heterocycles. The van der Waals surface area contributed by atoms with Crippen molar-refractivity contribution in [1.29, 1.82) is 0 Å². The maximum atomic E-state index is 10.9. The first-order valence-corrected chi connectivity index (χ1v) is 4.47. The number of piperidine rings is 1. The summed E-state index contributed by atoms with van der Waals surface area (Å²) in [7, 11) is 0. The van der Waals surface area contributed by atoms with E-state index in [1.807, 2.05) is 0 Å². The van der Waals surface area contributed by atoms with Crippen molar-refractivity contribution in [2.75, 3.05) is 6.54 Å². The van der Waals surface area contributed by atoms with E-state index in [0.717, 1.165) is 25.3 Å². The molecule has 1 saturated carbocycles. The Hall–Kier alpha value is -0.530. The Bertz CT molecular complexity index is 174. The van der Waals surface area contributed by atoms with Gasteiger partial charge in [-0.25, -0.2) is 0 Å². The average Bonchev–Trinajstić information content (AvgIpc) is 2.77. The van der Waals surface area contributed by atoms with E-state index < -0.39 is 0 Å². The van der Waals surface area contributed by atoms with Crippen molar-refractivity contribution in [2.24, 2.45) is 11.3 Å². The van der Waals surface area contributed by atoms with Crippen molar-refractivity contribution in [3.8, 4) is 0 Å². The van der Waals surface area contributed by atoms with E-state index in [1.165, 1.54) is 12.8 Å². The molecular weight excluding hydrogens is 138 g/mol. The van der Waals surface area contributed by atoms with Gasteiger partial charge in [0.2, 0.25) is 5.91 Å². The Morgan fingerprint density at radius 3 is 2.73 bits per heavy atom. The third kappa shape index (κ3) is 1.26. The molecule has 2 fully saturated rings. The summed E-state index contributed by atoms with van der Waals surface area (Å²) < 4.78 is 0. The largest absolute Gasteiger partial charge is 0.356 e. The van der Waals surface area contributed by atoms with Crippen LogP contribution in [0.4, 0.5) is 0 Å². The minimum absolute atomic E-state index is 0.239. The average molecular weight is 153 g/mol. The third-order valence-electron chi connectivity index (χ3n) is 3.18. The molecule has 0 bridgehead atoms. The van der Waals surface area contributed by atoms with Crippen molar-refractivity contribution in [2.45, 2.75) is 32.6 Å². The van der Waals surface area contributed by atoms with E-state index in [2.05, 4.69) is 12.2 Å². The van der Waals surface area contributed by atoms with Gasteiger partial charge in [0.25, 0.3) is 0 Å². The molecule has 0 spiro atoms. The Labute approximate surface area is 67.4 Å². The van der Waals surface area contributed by atoms with Crippen LogP contribution in [0.1, 0.15) is 32.6 Å². The fraction of sp³-hybridized carbons (Fsp3) is 0.889. The smallest absolute Gasteiger partial charge is 0.220 e. The molecule has 2 nitrogen and oxygen atoms in total. The number of hydrogen-bond donors (Lipinski definition) is 1. The normalized spacial score (nSPS) is 38.5. The van der Waals surface area contributed by atoms with Crippen LogP contribution in [0.15, 0.2) is 0 Å². The van der Waals surface area contributed by atoms with E-state index in [9.17, 15) is 4.79 Å². The zero-order valence-electron chi connectivity index (χ0n) is 7.02. The minimum Gasteiger partial charge on any atom is -0.356 e. The third-order valence-corrected chi connectivity index (χ3v) is 3.18. The first kappa shape index (κ1) is 7.14. The number of carbonyl (C=O) groups is 1. The summed E-state index contributed by atoms with van der Waals surface area (Å²) in [5.74, 6) is 1.14. The highest BCUT2D eigenvalue weighted by Gasteiger charge is 2.43. The maximum Gasteiger partial charge on any atom is 0.220 e. The van der Waals surface area contributed by atoms with Crippen molar-refractivity contribution in [3.05, 3.63) is 0 Å². The molecule has 2 rings (SSSR count). The van der Waals surface area contributed by atoms with Gasteiger partial charge in [-0.2, -0.15) is 0 Å². The van der Waals surface area contributed by atoms with Crippen LogP contribution in [0.25, 0.3) is 0 Å². The van der Waals surface area contributed by atoms with Crippen LogP contribution in [-0.4, -0.2) is 12.5 Å². The molecular formula is C9H15NO. The van der Waals surface area contributed by atoms with Gasteiger partial charge >= 0.3 is 0 Å². The Morgan fingerprint density at radius 2 is 2.27 bits per heavy atom. The molecule has 1 aliphatic heterocycles. The molecule has 0 aromatic carbocycles. The fourth-order valence-corrected chi connectivity index (χ4v) is 2.01. The quantitative estimate of drug-likeness (QED) is 0.604. The summed E-state index contributed by atoms with van der Waals surface area (Å²) in [6.45, 7) is 3.22. The van der Waals surface area contributed by atoms with Crippen LogP contribution < -0.4 is 5.32 Å². The zero-order chi connectivity index (χ0) is 7.90. The van der Waals surface area contributed by atoms with Gasteiger partial charge in [-0.1, -0.05) is 6.92 Å². The topological polar surface area (TPSA) is 29.1 Å². The second kappa shape index (κ2) is 2.23. The minimum atomic E-state index is 0.239. The van der Waals surface area contributed by atoms with E-state index in [0.29, 0.717) is 5.41 Å². The highest BCUT2D eigenvalue weighted by atomic mass is 16.1. The van der Waals surface area contributed by atoms with E-state index in [1.54, 1.807) is 0 Å². The van der Waals surface area contributed by atoms with E-state index >= 15 is 0 Å². The molecule has 11 heavy (non-hydrogen) atoms. The lowest BCUT2D eigenvalue weighted by Gasteiger charge is -2.33. The Kier molecular flexibility index (Phi) is 1.44. The Balaban J connectivity index is 1.98. The predicted octanol–water partition coefficient (Wildman–Crippen LogP) is 1.31. The number of carbonyl (C=O) groups excluding carboxylic acids is 1. The molecule has 1 N–H and O–H groups in total. The summed E-state index contributed by atoms with van der Waals surface area (Å²) in [4.78, 5) is 10.9. The SMILES string of the molecule is CC1(C2CC2)CCC(=O)NC1. The summed E-state index contributed by atoms with van der Waals surface area (Å²) in [5.41, 5.74) is 0.438. The molecule has 62 valence electrons. The highest BCUT2D eigenvalue weighted by Crippen LogP contribution is 2.48. The zero-order valence-corrected chi connectivity index (χ0v) is 7.02. The van der Waals surface area contributed by atoms with Gasteiger partial charge in [0, 0.05) is 13.0 Å². The van der Waals surface area contributed by atoms with Gasteiger partial charge in [0.05, 0.1) is 0 Å². The number of amides is 1. The number of nitrogens with one attached hydrogen (secondary N) is 1. The molecule has 2 heteroatoms. The van der Waals surface area contributed by atoms with Crippen LogP contribution in [0.3, 0.4) is 0 Å². The van der Waals surface area contributed by atoms with Crippen molar-refractivity contribution in [1.82, 2.24) is 5.32 Å². The van der Waals surface area contributed by atoms with Crippen molar-refractivity contribution < 1.29 is 4.79 Å². The maximum absolute atomic E-state index is 10.9. The van der Waals surface area contributed by atoms with Crippen LogP contribution >= 0.6 is 0 Å². The summed E-state index contributed by atoms with van der Waals surface area (Å²) in [5, 5.41) is 2.96. The number of rotatable bonds is 1. The molecule has 2 aliphatic rings. The van der Waals surface area contributed by atoms with Crippen molar-refractivity contribution in [3.63, 3.8) is 0 Å². The molecule has 0 radical (unpaired) electrons. The van der Waals surface area contributed by atoms with Gasteiger partial charge in [-0.05, 0) is 30.6 Å². The van der Waals surface area contributed by atoms with Gasteiger partial charge < -0.3 is 5.32 Å². The highest BCUT2D eigenvalue weighted by molar-refractivity contribution is 5.76. The molecule has 1 saturated heterocycles. The lowest BCUT2D eigenvalue weighted by Crippen LogP contribution is -2.42. The summed E-state index contributed by atoms with van der Waals surface area (Å²) >= 11 is 0. The van der Waals surface area contributed by atoms with E-state index in [4.69, 9.17) is 0 Å². The molecule has 0 aromatic heterocycles. The second-order valence-corrected chi connectivity index (χ2v) is 4.21. The van der Waals surface area contributed by atoms with Gasteiger partial charge in [-0.3, -0.25) is 4.79 Å². The van der Waals surface area contributed by atoms with Gasteiger partial charge in [0.1, 0.15) is 0 Å². The molecule has 1 unspecified atom stereocenters. The standard InChI is InChI=1S/C9H15NO/c1-9(7-2-3-7)5-4-8(11)10-6-9/h7H,2-6H2,1H3,(H,10,11). The van der Waals surface area contributed by atoms with Crippen molar-refractivity contribution >= 4 is 5.91 Å². The molecule has 1 atom stereocenters. The lowest BCUT2D eigenvalue weighted by molar-refractivity contribution is -0.124. The fourth-order valence-electron chi connectivity index (χ4n) is 2.01. The molecule has 1 aliphatic carbocycles. The molecule has 1 amide bonds. The predicted molar refractivity (Wildman–Crippen MR) is 43.1 cm³/mol. The number of hydrogen-bond acceptors (Lipinski definition) is 1. The Morgan fingerprint density at radius 1 is 1.55 bits per heavy atom. The monoisotopic (exact) mass is 153 g/mol.